The van der Waals surface area contributed by atoms with Crippen LogP contribution in [0.25, 0.3) is 0 Å². The third kappa shape index (κ3) is 3.88. The van der Waals surface area contributed by atoms with Gasteiger partial charge in [-0.25, -0.2) is 0 Å². The Morgan fingerprint density at radius 3 is 2.82 bits per heavy atom. The predicted molar refractivity (Wildman–Crippen MR) is 86.8 cm³/mol. The molecule has 0 saturated carbocycles. The van der Waals surface area contributed by atoms with Crippen molar-refractivity contribution in [2.24, 2.45) is 5.92 Å². The van der Waals surface area contributed by atoms with Crippen LogP contribution in [0.2, 0.25) is 0 Å². The standard InChI is InChI=1S/C17H29N3O2/c1-4-20-16(11-14(18-20)10-13(2)3)17(22)19-9-7-5-6-8-15(19)12-21/h11,13,15,21H,4-10,12H2,1-3H3. The maximum absolute atomic E-state index is 13.0. The summed E-state index contributed by atoms with van der Waals surface area (Å²) in [5.74, 6) is 0.539. The number of hydrogen-bond donors (Lipinski definition) is 1. The number of aryl methyl sites for hydroxylation is 1. The van der Waals surface area contributed by atoms with E-state index in [9.17, 15) is 9.90 Å². The van der Waals surface area contributed by atoms with Gasteiger partial charge in [-0.05, 0) is 38.2 Å². The van der Waals surface area contributed by atoms with Gasteiger partial charge in [0.15, 0.2) is 0 Å². The van der Waals surface area contributed by atoms with E-state index in [1.807, 2.05) is 17.9 Å². The van der Waals surface area contributed by atoms with Gasteiger partial charge in [0.05, 0.1) is 18.3 Å². The predicted octanol–water partition coefficient (Wildman–Crippen LogP) is 2.48. The zero-order valence-corrected chi connectivity index (χ0v) is 14.1. The Kier molecular flexibility index (Phi) is 6.00. The molecule has 1 fully saturated rings. The minimum absolute atomic E-state index is 0.0188. The van der Waals surface area contributed by atoms with Gasteiger partial charge < -0.3 is 10.0 Å². The van der Waals surface area contributed by atoms with Gasteiger partial charge in [-0.3, -0.25) is 9.48 Å². The van der Waals surface area contributed by atoms with Crippen molar-refractivity contribution in [3.63, 3.8) is 0 Å². The summed E-state index contributed by atoms with van der Waals surface area (Å²) in [5, 5.41) is 14.2. The Labute approximate surface area is 133 Å². The summed E-state index contributed by atoms with van der Waals surface area (Å²) in [5.41, 5.74) is 1.65. The lowest BCUT2D eigenvalue weighted by atomic mass is 10.1. The van der Waals surface area contributed by atoms with Crippen molar-refractivity contribution < 1.29 is 9.90 Å². The van der Waals surface area contributed by atoms with Crippen molar-refractivity contribution in [3.8, 4) is 0 Å². The molecule has 0 aliphatic carbocycles. The first kappa shape index (κ1) is 17.0. The van der Waals surface area contributed by atoms with Crippen molar-refractivity contribution in [2.75, 3.05) is 13.2 Å². The molecule has 0 spiro atoms. The summed E-state index contributed by atoms with van der Waals surface area (Å²) < 4.78 is 1.80. The second kappa shape index (κ2) is 7.77. The van der Waals surface area contributed by atoms with Crippen molar-refractivity contribution in [1.29, 1.82) is 0 Å². The Bertz CT molecular complexity index is 496. The molecule has 1 N–H and O–H groups in total. The molecule has 1 amide bonds. The van der Waals surface area contributed by atoms with Crippen LogP contribution in [0.1, 0.15) is 62.6 Å². The molecule has 1 aliphatic heterocycles. The number of hydrogen-bond acceptors (Lipinski definition) is 3. The molecule has 1 unspecified atom stereocenters. The molecule has 1 atom stereocenters. The second-order valence-electron chi connectivity index (χ2n) is 6.62. The van der Waals surface area contributed by atoms with Crippen molar-refractivity contribution in [2.45, 2.75) is 65.5 Å². The van der Waals surface area contributed by atoms with Gasteiger partial charge >= 0.3 is 0 Å². The van der Waals surface area contributed by atoms with Crippen molar-refractivity contribution in [1.82, 2.24) is 14.7 Å². The monoisotopic (exact) mass is 307 g/mol. The summed E-state index contributed by atoms with van der Waals surface area (Å²) in [7, 11) is 0. The van der Waals surface area contributed by atoms with E-state index >= 15 is 0 Å². The average molecular weight is 307 g/mol. The van der Waals surface area contributed by atoms with E-state index in [2.05, 4.69) is 18.9 Å². The number of aliphatic hydroxyl groups excluding tert-OH is 1. The highest BCUT2D eigenvalue weighted by Crippen LogP contribution is 2.20. The molecule has 2 heterocycles. The highest BCUT2D eigenvalue weighted by Gasteiger charge is 2.28. The van der Waals surface area contributed by atoms with Crippen LogP contribution >= 0.6 is 0 Å². The first-order valence-corrected chi connectivity index (χ1v) is 8.55. The van der Waals surface area contributed by atoms with Crippen LogP contribution in [0.3, 0.4) is 0 Å². The van der Waals surface area contributed by atoms with Gasteiger partial charge in [0, 0.05) is 13.1 Å². The molecule has 0 bridgehead atoms. The summed E-state index contributed by atoms with van der Waals surface area (Å²) >= 11 is 0. The van der Waals surface area contributed by atoms with E-state index in [0.717, 1.165) is 44.3 Å². The molecule has 2 rings (SSSR count). The molecular formula is C17H29N3O2. The minimum atomic E-state index is -0.0521. The Morgan fingerprint density at radius 1 is 1.41 bits per heavy atom. The van der Waals surface area contributed by atoms with Gasteiger partial charge in [0.25, 0.3) is 5.91 Å². The number of amides is 1. The number of rotatable bonds is 5. The van der Waals surface area contributed by atoms with Gasteiger partial charge in [-0.15, -0.1) is 0 Å². The average Bonchev–Trinajstić information content (AvgIpc) is 2.74. The molecule has 1 saturated heterocycles. The van der Waals surface area contributed by atoms with Gasteiger partial charge in [-0.1, -0.05) is 26.7 Å². The summed E-state index contributed by atoms with van der Waals surface area (Å²) in [6.45, 7) is 7.79. The molecule has 0 aromatic carbocycles. The lowest BCUT2D eigenvalue weighted by Crippen LogP contribution is -2.42. The van der Waals surface area contributed by atoms with E-state index in [0.29, 0.717) is 18.2 Å². The zero-order valence-electron chi connectivity index (χ0n) is 14.1. The van der Waals surface area contributed by atoms with E-state index in [1.165, 1.54) is 0 Å². The van der Waals surface area contributed by atoms with Crippen LogP contribution in [-0.2, 0) is 13.0 Å². The third-order valence-electron chi connectivity index (χ3n) is 4.32. The van der Waals surface area contributed by atoms with Crippen LogP contribution in [0, 0.1) is 5.92 Å². The number of nitrogens with zero attached hydrogens (tertiary/aromatic N) is 3. The molecule has 1 aromatic heterocycles. The van der Waals surface area contributed by atoms with Gasteiger partial charge in [-0.2, -0.15) is 5.10 Å². The topological polar surface area (TPSA) is 58.4 Å². The Morgan fingerprint density at radius 2 is 2.18 bits per heavy atom. The smallest absolute Gasteiger partial charge is 0.272 e. The van der Waals surface area contributed by atoms with E-state index in [1.54, 1.807) is 4.68 Å². The lowest BCUT2D eigenvalue weighted by Gasteiger charge is -2.28. The maximum atomic E-state index is 13.0. The fourth-order valence-electron chi connectivity index (χ4n) is 3.18. The van der Waals surface area contributed by atoms with Crippen LogP contribution < -0.4 is 0 Å². The lowest BCUT2D eigenvalue weighted by molar-refractivity contribution is 0.0587. The van der Waals surface area contributed by atoms with Crippen LogP contribution in [0.4, 0.5) is 0 Å². The molecular weight excluding hydrogens is 278 g/mol. The Hall–Kier alpha value is -1.36. The fraction of sp³-hybridized carbons (Fsp3) is 0.765. The molecule has 22 heavy (non-hydrogen) atoms. The highest BCUT2D eigenvalue weighted by atomic mass is 16.3. The fourth-order valence-corrected chi connectivity index (χ4v) is 3.18. The first-order chi connectivity index (χ1) is 10.6. The summed E-state index contributed by atoms with van der Waals surface area (Å²) in [4.78, 5) is 14.8. The number of aromatic nitrogens is 2. The highest BCUT2D eigenvalue weighted by molar-refractivity contribution is 5.93. The van der Waals surface area contributed by atoms with E-state index < -0.39 is 0 Å². The van der Waals surface area contributed by atoms with E-state index in [4.69, 9.17) is 0 Å². The summed E-state index contributed by atoms with van der Waals surface area (Å²) in [6, 6.07) is 1.88. The Balaban J connectivity index is 2.24. The van der Waals surface area contributed by atoms with Crippen LogP contribution in [-0.4, -0.2) is 44.9 Å². The van der Waals surface area contributed by atoms with Crippen LogP contribution in [0.5, 0.6) is 0 Å². The first-order valence-electron chi connectivity index (χ1n) is 8.55. The molecule has 5 heteroatoms. The maximum Gasteiger partial charge on any atom is 0.272 e. The SMILES string of the molecule is CCn1nc(CC(C)C)cc1C(=O)N1CCCCCC1CO. The molecule has 124 valence electrons. The number of carbonyl (C=O) groups excluding carboxylic acids is 1. The van der Waals surface area contributed by atoms with E-state index in [-0.39, 0.29) is 18.6 Å². The normalized spacial score (nSPS) is 19.5. The zero-order chi connectivity index (χ0) is 16.1. The molecule has 0 radical (unpaired) electrons. The van der Waals surface area contributed by atoms with Crippen LogP contribution in [0.15, 0.2) is 6.07 Å². The van der Waals surface area contributed by atoms with Crippen molar-refractivity contribution >= 4 is 5.91 Å². The molecule has 1 aromatic rings. The van der Waals surface area contributed by atoms with Crippen molar-refractivity contribution in [3.05, 3.63) is 17.5 Å². The third-order valence-corrected chi connectivity index (χ3v) is 4.32. The number of carbonyl (C=O) groups is 1. The number of likely N-dealkylation sites (tertiary alicyclic amines) is 1. The largest absolute Gasteiger partial charge is 0.394 e. The molecule has 5 nitrogen and oxygen atoms in total. The van der Waals surface area contributed by atoms with Gasteiger partial charge in [0.1, 0.15) is 5.69 Å². The quantitative estimate of drug-likeness (QED) is 0.909. The second-order valence-corrected chi connectivity index (χ2v) is 6.62. The number of aliphatic hydroxyl groups is 1. The van der Waals surface area contributed by atoms with Gasteiger partial charge in [0.2, 0.25) is 0 Å². The molecule has 1 aliphatic rings. The minimum Gasteiger partial charge on any atom is -0.394 e. The summed E-state index contributed by atoms with van der Waals surface area (Å²) in [6.07, 6.45) is 5.01.